The number of rotatable bonds is 8. The summed E-state index contributed by atoms with van der Waals surface area (Å²) in [6.07, 6.45) is 0. The zero-order valence-corrected chi connectivity index (χ0v) is 17.6. The Bertz CT molecular complexity index is 1200. The van der Waals surface area contributed by atoms with E-state index in [2.05, 4.69) is 10.0 Å². The van der Waals surface area contributed by atoms with E-state index in [4.69, 9.17) is 4.74 Å². The van der Waals surface area contributed by atoms with Crippen molar-refractivity contribution < 1.29 is 31.1 Å². The van der Waals surface area contributed by atoms with Gasteiger partial charge in [0.2, 0.25) is 10.0 Å². The summed E-state index contributed by atoms with van der Waals surface area (Å²) in [5.74, 6) is -5.23. The Labute approximate surface area is 183 Å². The first-order valence-electron chi connectivity index (χ1n) is 9.41. The first-order chi connectivity index (χ1) is 15.2. The van der Waals surface area contributed by atoms with Crippen LogP contribution in [0.1, 0.15) is 18.5 Å². The second kappa shape index (κ2) is 9.84. The average molecular weight is 464 g/mol. The fourth-order valence-electron chi connectivity index (χ4n) is 2.78. The van der Waals surface area contributed by atoms with E-state index in [0.29, 0.717) is 6.07 Å². The van der Waals surface area contributed by atoms with Crippen molar-refractivity contribution >= 4 is 21.6 Å². The Morgan fingerprint density at radius 1 is 0.938 bits per heavy atom. The quantitative estimate of drug-likeness (QED) is 0.491. The molecule has 0 fully saturated rings. The lowest BCUT2D eigenvalue weighted by molar-refractivity contribution is -0.118. The van der Waals surface area contributed by atoms with Gasteiger partial charge in [0.05, 0.1) is 10.6 Å². The highest BCUT2D eigenvalue weighted by atomic mass is 32.2. The van der Waals surface area contributed by atoms with E-state index in [1.165, 1.54) is 24.3 Å². The van der Waals surface area contributed by atoms with Gasteiger partial charge in [0.15, 0.2) is 24.1 Å². The molecule has 0 saturated carbocycles. The van der Waals surface area contributed by atoms with E-state index < -0.39 is 51.7 Å². The molecular formula is C22H19F3N2O4S. The summed E-state index contributed by atoms with van der Waals surface area (Å²) < 4.78 is 72.7. The Morgan fingerprint density at radius 2 is 1.59 bits per heavy atom. The van der Waals surface area contributed by atoms with Gasteiger partial charge in [-0.15, -0.1) is 0 Å². The van der Waals surface area contributed by atoms with Gasteiger partial charge in [-0.1, -0.05) is 30.3 Å². The minimum absolute atomic E-state index is 0.000871. The van der Waals surface area contributed by atoms with Crippen LogP contribution in [0, 0.1) is 17.5 Å². The summed E-state index contributed by atoms with van der Waals surface area (Å²) >= 11 is 0. The molecular weight excluding hydrogens is 445 g/mol. The summed E-state index contributed by atoms with van der Waals surface area (Å²) in [6.45, 7) is 1.16. The molecule has 6 nitrogen and oxygen atoms in total. The first-order valence-corrected chi connectivity index (χ1v) is 10.9. The standard InChI is InChI=1S/C22H19F3N2O4S/c1-14(15-5-3-2-4-6-15)27-32(29,30)17-9-7-16(8-10-17)31-13-20(28)26-19-12-11-18(23)21(24)22(19)25/h2-12,14,27H,13H2,1H3,(H,26,28)/t14-/m0/s1. The molecule has 0 aliphatic carbocycles. The number of amides is 1. The lowest BCUT2D eigenvalue weighted by Crippen LogP contribution is -2.26. The molecule has 10 heteroatoms. The summed E-state index contributed by atoms with van der Waals surface area (Å²) in [5, 5.41) is 2.07. The molecule has 32 heavy (non-hydrogen) atoms. The molecule has 0 aliphatic rings. The van der Waals surface area contributed by atoms with Gasteiger partial charge in [-0.25, -0.2) is 26.3 Å². The summed E-state index contributed by atoms with van der Waals surface area (Å²) in [6, 6.07) is 15.5. The number of benzene rings is 3. The van der Waals surface area contributed by atoms with Crippen LogP contribution in [0.2, 0.25) is 0 Å². The number of ether oxygens (including phenoxy) is 1. The largest absolute Gasteiger partial charge is 0.484 e. The van der Waals surface area contributed by atoms with Crippen molar-refractivity contribution in [2.24, 2.45) is 0 Å². The normalized spacial score (nSPS) is 12.2. The van der Waals surface area contributed by atoms with E-state index in [1.54, 1.807) is 19.1 Å². The lowest BCUT2D eigenvalue weighted by atomic mass is 10.1. The smallest absolute Gasteiger partial charge is 0.262 e. The van der Waals surface area contributed by atoms with Gasteiger partial charge < -0.3 is 10.1 Å². The number of sulfonamides is 1. The van der Waals surface area contributed by atoms with Crippen molar-refractivity contribution in [2.75, 3.05) is 11.9 Å². The van der Waals surface area contributed by atoms with Crippen molar-refractivity contribution in [1.29, 1.82) is 0 Å². The minimum atomic E-state index is -3.80. The van der Waals surface area contributed by atoms with E-state index in [1.807, 2.05) is 18.2 Å². The molecule has 2 N–H and O–H groups in total. The third kappa shape index (κ3) is 5.65. The number of carbonyl (C=O) groups excluding carboxylic acids is 1. The molecule has 3 rings (SSSR count). The predicted molar refractivity (Wildman–Crippen MR) is 112 cm³/mol. The molecule has 0 saturated heterocycles. The number of nitrogens with one attached hydrogen (secondary N) is 2. The highest BCUT2D eigenvalue weighted by Gasteiger charge is 2.19. The predicted octanol–water partition coefficient (Wildman–Crippen LogP) is 4.16. The maximum absolute atomic E-state index is 13.6. The third-order valence-corrected chi connectivity index (χ3v) is 6.00. The van der Waals surface area contributed by atoms with Crippen LogP contribution in [0.4, 0.5) is 18.9 Å². The second-order valence-corrected chi connectivity index (χ2v) is 8.50. The van der Waals surface area contributed by atoms with Crippen molar-refractivity contribution in [2.45, 2.75) is 17.9 Å². The molecule has 0 heterocycles. The molecule has 3 aromatic rings. The average Bonchev–Trinajstić information content (AvgIpc) is 2.78. The van der Waals surface area contributed by atoms with Gasteiger partial charge in [-0.2, -0.15) is 0 Å². The first kappa shape index (κ1) is 23.3. The highest BCUT2D eigenvalue weighted by molar-refractivity contribution is 7.89. The summed E-state index contributed by atoms with van der Waals surface area (Å²) in [5.41, 5.74) is 0.275. The van der Waals surface area contributed by atoms with Crippen LogP contribution in [0.25, 0.3) is 0 Å². The van der Waals surface area contributed by atoms with Crippen LogP contribution in [-0.4, -0.2) is 20.9 Å². The number of carbonyl (C=O) groups is 1. The van der Waals surface area contributed by atoms with Gasteiger partial charge in [0, 0.05) is 6.04 Å². The zero-order valence-electron chi connectivity index (χ0n) is 16.8. The maximum Gasteiger partial charge on any atom is 0.262 e. The van der Waals surface area contributed by atoms with E-state index in [9.17, 15) is 26.4 Å². The molecule has 0 aromatic heterocycles. The Kier molecular flexibility index (Phi) is 7.16. The molecule has 0 spiro atoms. The van der Waals surface area contributed by atoms with E-state index >= 15 is 0 Å². The van der Waals surface area contributed by atoms with E-state index in [-0.39, 0.29) is 10.6 Å². The van der Waals surface area contributed by atoms with Gasteiger partial charge in [0.1, 0.15) is 5.75 Å². The van der Waals surface area contributed by atoms with Crippen molar-refractivity contribution in [3.63, 3.8) is 0 Å². The Morgan fingerprint density at radius 3 is 2.25 bits per heavy atom. The van der Waals surface area contributed by atoms with Gasteiger partial charge >= 0.3 is 0 Å². The maximum atomic E-state index is 13.6. The van der Waals surface area contributed by atoms with Crippen LogP contribution < -0.4 is 14.8 Å². The van der Waals surface area contributed by atoms with Crippen LogP contribution in [0.5, 0.6) is 5.75 Å². The highest BCUT2D eigenvalue weighted by Crippen LogP contribution is 2.21. The topological polar surface area (TPSA) is 84.5 Å². The minimum Gasteiger partial charge on any atom is -0.484 e. The van der Waals surface area contributed by atoms with Crippen molar-refractivity contribution in [3.05, 3.63) is 89.7 Å². The fraction of sp³-hybridized carbons (Fsp3) is 0.136. The molecule has 0 unspecified atom stereocenters. The molecule has 0 bridgehead atoms. The Hall–Kier alpha value is -3.37. The second-order valence-electron chi connectivity index (χ2n) is 6.78. The summed E-state index contributed by atoms with van der Waals surface area (Å²) in [7, 11) is -3.80. The number of anilines is 1. The molecule has 1 atom stereocenters. The molecule has 0 radical (unpaired) electrons. The van der Waals surface area contributed by atoms with Crippen LogP contribution in [-0.2, 0) is 14.8 Å². The van der Waals surface area contributed by atoms with E-state index in [0.717, 1.165) is 11.6 Å². The van der Waals surface area contributed by atoms with Gasteiger partial charge in [0.25, 0.3) is 5.91 Å². The third-order valence-electron chi connectivity index (χ3n) is 4.44. The SMILES string of the molecule is C[C@H](NS(=O)(=O)c1ccc(OCC(=O)Nc2ccc(F)c(F)c2F)cc1)c1ccccc1. The fourth-order valence-corrected chi connectivity index (χ4v) is 4.02. The Balaban J connectivity index is 1.58. The van der Waals surface area contributed by atoms with Gasteiger partial charge in [-0.05, 0) is 48.9 Å². The van der Waals surface area contributed by atoms with Crippen molar-refractivity contribution in [3.8, 4) is 5.75 Å². The number of halogens is 3. The van der Waals surface area contributed by atoms with Gasteiger partial charge in [-0.3, -0.25) is 4.79 Å². The monoisotopic (exact) mass is 464 g/mol. The lowest BCUT2D eigenvalue weighted by Gasteiger charge is -2.15. The molecule has 1 amide bonds. The van der Waals surface area contributed by atoms with Crippen LogP contribution >= 0.6 is 0 Å². The van der Waals surface area contributed by atoms with Crippen LogP contribution in [0.3, 0.4) is 0 Å². The number of hydrogen-bond acceptors (Lipinski definition) is 4. The molecule has 168 valence electrons. The van der Waals surface area contributed by atoms with Crippen molar-refractivity contribution in [1.82, 2.24) is 4.72 Å². The summed E-state index contributed by atoms with van der Waals surface area (Å²) in [4.78, 5) is 11.9. The zero-order chi connectivity index (χ0) is 23.3. The molecule has 0 aliphatic heterocycles. The number of hydrogen-bond donors (Lipinski definition) is 2. The molecule has 3 aromatic carbocycles. The van der Waals surface area contributed by atoms with Crippen LogP contribution in [0.15, 0.2) is 71.6 Å².